The molecule has 5 nitrogen and oxygen atoms in total. The van der Waals surface area contributed by atoms with Crippen LogP contribution in [0.5, 0.6) is 5.75 Å². The topological polar surface area (TPSA) is 78.4 Å². The zero-order valence-corrected chi connectivity index (χ0v) is 13.0. The van der Waals surface area contributed by atoms with E-state index in [-0.39, 0.29) is 18.3 Å². The lowest BCUT2D eigenvalue weighted by atomic mass is 10.1. The van der Waals surface area contributed by atoms with E-state index in [4.69, 9.17) is 10.5 Å². The van der Waals surface area contributed by atoms with Gasteiger partial charge in [-0.25, -0.2) is 0 Å². The van der Waals surface area contributed by atoms with Crippen molar-refractivity contribution in [3.05, 3.63) is 68.2 Å². The van der Waals surface area contributed by atoms with Crippen LogP contribution in [0.1, 0.15) is 24.1 Å². The Kier molecular flexibility index (Phi) is 4.93. The number of rotatable bonds is 5. The molecule has 0 saturated carbocycles. The summed E-state index contributed by atoms with van der Waals surface area (Å²) in [5, 5.41) is 10.9. The summed E-state index contributed by atoms with van der Waals surface area (Å²) in [5.41, 5.74) is 7.54. The summed E-state index contributed by atoms with van der Waals surface area (Å²) < 4.78 is 6.21. The van der Waals surface area contributed by atoms with Crippen LogP contribution >= 0.6 is 15.9 Å². The summed E-state index contributed by atoms with van der Waals surface area (Å²) in [4.78, 5) is 10.5. The SMILES string of the molecule is C[C@H](N)c1ccccc1OCc1cccc([N+](=O)[O-])c1Br. The van der Waals surface area contributed by atoms with Gasteiger partial charge in [0.25, 0.3) is 5.69 Å². The number of hydrogen-bond donors (Lipinski definition) is 1. The maximum atomic E-state index is 10.9. The van der Waals surface area contributed by atoms with Crippen molar-refractivity contribution in [3.8, 4) is 5.75 Å². The van der Waals surface area contributed by atoms with Crippen molar-refractivity contribution in [1.29, 1.82) is 0 Å². The Morgan fingerprint density at radius 2 is 2.00 bits per heavy atom. The molecule has 0 aliphatic carbocycles. The number of nitro groups is 1. The van der Waals surface area contributed by atoms with E-state index in [9.17, 15) is 10.1 Å². The minimum absolute atomic E-state index is 0.0246. The smallest absolute Gasteiger partial charge is 0.283 e. The van der Waals surface area contributed by atoms with E-state index in [0.29, 0.717) is 15.8 Å². The van der Waals surface area contributed by atoms with Gasteiger partial charge < -0.3 is 10.5 Å². The van der Waals surface area contributed by atoms with Crippen LogP contribution in [0.15, 0.2) is 46.9 Å². The summed E-state index contributed by atoms with van der Waals surface area (Å²) in [5.74, 6) is 0.686. The second-order valence-corrected chi connectivity index (χ2v) is 5.42. The largest absolute Gasteiger partial charge is 0.489 e. The highest BCUT2D eigenvalue weighted by Gasteiger charge is 2.15. The van der Waals surface area contributed by atoms with Crippen LogP contribution < -0.4 is 10.5 Å². The normalized spacial score (nSPS) is 12.0. The van der Waals surface area contributed by atoms with E-state index in [1.165, 1.54) is 6.07 Å². The number of nitrogens with zero attached hydrogens (tertiary/aromatic N) is 1. The zero-order chi connectivity index (χ0) is 15.4. The maximum Gasteiger partial charge on any atom is 0.283 e. The molecule has 2 N–H and O–H groups in total. The third-order valence-electron chi connectivity index (χ3n) is 3.05. The molecule has 2 aromatic carbocycles. The molecule has 2 aromatic rings. The Balaban J connectivity index is 2.21. The summed E-state index contributed by atoms with van der Waals surface area (Å²) in [7, 11) is 0. The Labute approximate surface area is 131 Å². The number of hydrogen-bond acceptors (Lipinski definition) is 4. The van der Waals surface area contributed by atoms with Crippen molar-refractivity contribution >= 4 is 21.6 Å². The first-order valence-electron chi connectivity index (χ1n) is 6.39. The third-order valence-corrected chi connectivity index (χ3v) is 3.96. The van der Waals surface area contributed by atoms with Gasteiger partial charge in [-0.05, 0) is 28.9 Å². The molecule has 6 heteroatoms. The number of benzene rings is 2. The van der Waals surface area contributed by atoms with Crippen molar-refractivity contribution in [2.45, 2.75) is 19.6 Å². The third kappa shape index (κ3) is 3.59. The van der Waals surface area contributed by atoms with Gasteiger partial charge >= 0.3 is 0 Å². The Hall–Kier alpha value is -1.92. The van der Waals surface area contributed by atoms with Crippen molar-refractivity contribution in [1.82, 2.24) is 0 Å². The average Bonchev–Trinajstić information content (AvgIpc) is 2.46. The van der Waals surface area contributed by atoms with Crippen LogP contribution in [-0.2, 0) is 6.61 Å². The zero-order valence-electron chi connectivity index (χ0n) is 11.5. The van der Waals surface area contributed by atoms with Gasteiger partial charge in [-0.15, -0.1) is 0 Å². The standard InChI is InChI=1S/C15H15BrN2O3/c1-10(17)12-6-2-3-8-14(12)21-9-11-5-4-7-13(15(11)16)18(19)20/h2-8,10H,9,17H2,1H3/t10-/m0/s1. The molecule has 0 amide bonds. The molecular weight excluding hydrogens is 336 g/mol. The van der Waals surface area contributed by atoms with Gasteiger partial charge in [0.2, 0.25) is 0 Å². The highest BCUT2D eigenvalue weighted by atomic mass is 79.9. The molecular formula is C15H15BrN2O3. The van der Waals surface area contributed by atoms with E-state index in [1.807, 2.05) is 31.2 Å². The molecule has 110 valence electrons. The van der Waals surface area contributed by atoms with E-state index >= 15 is 0 Å². The molecule has 0 aliphatic rings. The van der Waals surface area contributed by atoms with Crippen LogP contribution in [0.2, 0.25) is 0 Å². The molecule has 0 aliphatic heterocycles. The Morgan fingerprint density at radius 3 is 2.67 bits per heavy atom. The van der Waals surface area contributed by atoms with Crippen molar-refractivity contribution in [2.24, 2.45) is 5.73 Å². The lowest BCUT2D eigenvalue weighted by molar-refractivity contribution is -0.385. The van der Waals surface area contributed by atoms with Crippen molar-refractivity contribution in [3.63, 3.8) is 0 Å². The fourth-order valence-corrected chi connectivity index (χ4v) is 2.49. The predicted octanol–water partition coefficient (Wildman–Crippen LogP) is 3.96. The summed E-state index contributed by atoms with van der Waals surface area (Å²) >= 11 is 3.26. The number of halogens is 1. The maximum absolute atomic E-state index is 10.9. The minimum atomic E-state index is -0.427. The Morgan fingerprint density at radius 1 is 1.29 bits per heavy atom. The van der Waals surface area contributed by atoms with Gasteiger partial charge in [-0.3, -0.25) is 10.1 Å². The van der Waals surface area contributed by atoms with Crippen LogP contribution in [0.25, 0.3) is 0 Å². The fraction of sp³-hybridized carbons (Fsp3) is 0.200. The molecule has 0 unspecified atom stereocenters. The number of ether oxygens (including phenoxy) is 1. The van der Waals surface area contributed by atoms with Gasteiger partial charge in [0.1, 0.15) is 16.8 Å². The highest BCUT2D eigenvalue weighted by molar-refractivity contribution is 9.10. The van der Waals surface area contributed by atoms with Gasteiger partial charge in [-0.2, -0.15) is 0 Å². The lowest BCUT2D eigenvalue weighted by Gasteiger charge is -2.14. The first kappa shape index (κ1) is 15.5. The molecule has 0 fully saturated rings. The van der Waals surface area contributed by atoms with Gasteiger partial charge in [0.15, 0.2) is 0 Å². The molecule has 0 bridgehead atoms. The molecule has 2 rings (SSSR count). The minimum Gasteiger partial charge on any atom is -0.489 e. The lowest BCUT2D eigenvalue weighted by Crippen LogP contribution is -2.08. The van der Waals surface area contributed by atoms with E-state index in [1.54, 1.807) is 12.1 Å². The summed E-state index contributed by atoms with van der Waals surface area (Å²) in [6, 6.07) is 12.2. The molecule has 0 heterocycles. The fourth-order valence-electron chi connectivity index (χ4n) is 1.96. The summed E-state index contributed by atoms with van der Waals surface area (Å²) in [6.45, 7) is 2.11. The van der Waals surface area contributed by atoms with E-state index in [2.05, 4.69) is 15.9 Å². The van der Waals surface area contributed by atoms with Crippen LogP contribution in [-0.4, -0.2) is 4.92 Å². The Bertz CT molecular complexity index is 659. The monoisotopic (exact) mass is 350 g/mol. The van der Waals surface area contributed by atoms with E-state index < -0.39 is 4.92 Å². The summed E-state index contributed by atoms with van der Waals surface area (Å²) in [6.07, 6.45) is 0. The van der Waals surface area contributed by atoms with E-state index in [0.717, 1.165) is 5.56 Å². The molecule has 1 atom stereocenters. The molecule has 0 saturated heterocycles. The van der Waals surface area contributed by atoms with Gasteiger partial charge in [0.05, 0.1) is 4.92 Å². The van der Waals surface area contributed by atoms with Gasteiger partial charge in [-0.1, -0.05) is 30.3 Å². The quantitative estimate of drug-likeness (QED) is 0.653. The molecule has 21 heavy (non-hydrogen) atoms. The number of nitro benzene ring substituents is 1. The average molecular weight is 351 g/mol. The highest BCUT2D eigenvalue weighted by Crippen LogP contribution is 2.30. The van der Waals surface area contributed by atoms with Gasteiger partial charge in [0, 0.05) is 23.2 Å². The molecule has 0 spiro atoms. The van der Waals surface area contributed by atoms with Crippen molar-refractivity contribution < 1.29 is 9.66 Å². The predicted molar refractivity (Wildman–Crippen MR) is 84.2 cm³/mol. The first-order valence-corrected chi connectivity index (χ1v) is 7.19. The number of para-hydroxylation sites is 1. The second-order valence-electron chi connectivity index (χ2n) is 4.62. The molecule has 0 aromatic heterocycles. The molecule has 0 radical (unpaired) electrons. The van der Waals surface area contributed by atoms with Crippen LogP contribution in [0, 0.1) is 10.1 Å². The van der Waals surface area contributed by atoms with Crippen molar-refractivity contribution in [2.75, 3.05) is 0 Å². The van der Waals surface area contributed by atoms with Crippen LogP contribution in [0.4, 0.5) is 5.69 Å². The first-order chi connectivity index (χ1) is 10.0. The number of nitrogens with two attached hydrogens (primary N) is 1. The van der Waals surface area contributed by atoms with Crippen LogP contribution in [0.3, 0.4) is 0 Å². The second kappa shape index (κ2) is 6.69.